The lowest BCUT2D eigenvalue weighted by molar-refractivity contribution is 0.405. The molecule has 1 heteroatoms. The van der Waals surface area contributed by atoms with E-state index in [0.29, 0.717) is 11.8 Å². The van der Waals surface area contributed by atoms with Crippen LogP contribution < -0.4 is 0 Å². The second kappa shape index (κ2) is 15.3. The fourth-order valence-corrected chi connectivity index (χ4v) is 13.2. The average molecular weight is 657 g/mol. The number of hydrogen-bond acceptors (Lipinski definition) is 0. The van der Waals surface area contributed by atoms with Gasteiger partial charge in [0.2, 0.25) is 0 Å². The zero-order valence-corrected chi connectivity index (χ0v) is 29.4. The summed E-state index contributed by atoms with van der Waals surface area (Å²) in [5.41, 5.74) is 7.99. The molecule has 0 N–H and O–H groups in total. The van der Waals surface area contributed by atoms with Crippen molar-refractivity contribution < 1.29 is 0 Å². The third-order valence-corrected chi connectivity index (χ3v) is 14.9. The van der Waals surface area contributed by atoms with Gasteiger partial charge in [0, 0.05) is 21.0 Å². The lowest BCUT2D eigenvalue weighted by Gasteiger charge is -2.43. The van der Waals surface area contributed by atoms with Crippen molar-refractivity contribution in [2.45, 2.75) is 43.4 Å². The van der Waals surface area contributed by atoms with Crippen LogP contribution in [-0.4, -0.2) is 5.75 Å². The Morgan fingerprint density at radius 3 is 1.39 bits per heavy atom. The van der Waals surface area contributed by atoms with Gasteiger partial charge in [-0.15, -0.1) is 13.2 Å². The SMILES string of the molecule is C=CC1CC(C=C)C(CCCCCS2(c3ccccc3)C(c3ccccc3)=C(c3ccccc3)C(c3ccccc3)=C2c2ccccc2)C1. The average Bonchev–Trinajstić information content (AvgIpc) is 3.73. The van der Waals surface area contributed by atoms with Crippen LogP contribution in [0.15, 0.2) is 182 Å². The molecule has 0 bridgehead atoms. The van der Waals surface area contributed by atoms with Crippen LogP contribution in [-0.2, 0) is 0 Å². The van der Waals surface area contributed by atoms with E-state index in [2.05, 4.69) is 177 Å². The maximum absolute atomic E-state index is 4.20. The van der Waals surface area contributed by atoms with Crippen LogP contribution in [0, 0.1) is 17.8 Å². The first-order valence-electron chi connectivity index (χ1n) is 18.1. The van der Waals surface area contributed by atoms with Crippen molar-refractivity contribution in [3.8, 4) is 0 Å². The highest BCUT2D eigenvalue weighted by atomic mass is 32.3. The van der Waals surface area contributed by atoms with Crippen LogP contribution in [0.4, 0.5) is 0 Å². The predicted octanol–water partition coefficient (Wildman–Crippen LogP) is 13.6. The summed E-state index contributed by atoms with van der Waals surface area (Å²) in [6, 6.07) is 56.5. The first kappa shape index (κ1) is 32.9. The molecule has 0 aromatic heterocycles. The van der Waals surface area contributed by atoms with Crippen LogP contribution in [0.5, 0.6) is 0 Å². The van der Waals surface area contributed by atoms with Gasteiger partial charge in [0.15, 0.2) is 0 Å². The Balaban J connectivity index is 1.42. The largest absolute Gasteiger partial charge is 0.158 e. The van der Waals surface area contributed by atoms with Crippen molar-refractivity contribution in [2.24, 2.45) is 17.8 Å². The quantitative estimate of drug-likeness (QED) is 0.0874. The molecule has 0 amide bonds. The highest BCUT2D eigenvalue weighted by Gasteiger charge is 2.45. The predicted molar refractivity (Wildman–Crippen MR) is 215 cm³/mol. The molecule has 1 heterocycles. The molecule has 2 aliphatic rings. The van der Waals surface area contributed by atoms with E-state index in [1.807, 2.05) is 0 Å². The highest BCUT2D eigenvalue weighted by molar-refractivity contribution is 8.48. The van der Waals surface area contributed by atoms with E-state index in [1.165, 1.54) is 86.6 Å². The fourth-order valence-electron chi connectivity index (χ4n) is 8.44. The molecule has 1 aliphatic heterocycles. The molecular weight excluding hydrogens is 609 g/mol. The van der Waals surface area contributed by atoms with Gasteiger partial charge >= 0.3 is 0 Å². The maximum Gasteiger partial charge on any atom is 0.0140 e. The molecule has 0 saturated heterocycles. The topological polar surface area (TPSA) is 0 Å². The number of allylic oxidation sites excluding steroid dienone is 4. The maximum atomic E-state index is 4.20. The molecule has 1 fully saturated rings. The van der Waals surface area contributed by atoms with Gasteiger partial charge in [0.25, 0.3) is 0 Å². The smallest absolute Gasteiger partial charge is 0.0140 e. The summed E-state index contributed by atoms with van der Waals surface area (Å²) >= 11 is 0. The van der Waals surface area contributed by atoms with Gasteiger partial charge in [-0.1, -0.05) is 165 Å². The Morgan fingerprint density at radius 1 is 0.490 bits per heavy atom. The number of hydrogen-bond donors (Lipinski definition) is 0. The second-order valence-electron chi connectivity index (χ2n) is 13.6. The Bertz CT molecular complexity index is 1800. The van der Waals surface area contributed by atoms with Crippen LogP contribution in [0.2, 0.25) is 0 Å². The minimum Gasteiger partial charge on any atom is -0.158 e. The van der Waals surface area contributed by atoms with Gasteiger partial charge in [-0.05, 0) is 88.5 Å². The van der Waals surface area contributed by atoms with E-state index in [0.717, 1.165) is 11.7 Å². The molecule has 3 atom stereocenters. The molecule has 1 aliphatic carbocycles. The molecule has 5 aromatic carbocycles. The van der Waals surface area contributed by atoms with Crippen LogP contribution in [0.1, 0.15) is 60.8 Å². The van der Waals surface area contributed by atoms with Crippen molar-refractivity contribution >= 4 is 31.0 Å². The molecular formula is C48H48S. The van der Waals surface area contributed by atoms with Crippen molar-refractivity contribution in [3.05, 3.63) is 199 Å². The second-order valence-corrected chi connectivity index (χ2v) is 16.8. The minimum absolute atomic E-state index is 0.626. The number of unbranched alkanes of at least 4 members (excludes halogenated alkanes) is 2. The molecule has 246 valence electrons. The Kier molecular flexibility index (Phi) is 10.3. The zero-order valence-electron chi connectivity index (χ0n) is 28.6. The summed E-state index contributed by atoms with van der Waals surface area (Å²) in [6.45, 7) is 8.31. The van der Waals surface area contributed by atoms with E-state index in [4.69, 9.17) is 0 Å². The van der Waals surface area contributed by atoms with E-state index < -0.39 is 10.0 Å². The zero-order chi connectivity index (χ0) is 33.5. The first-order chi connectivity index (χ1) is 24.2. The van der Waals surface area contributed by atoms with E-state index in [9.17, 15) is 0 Å². The molecule has 0 radical (unpaired) electrons. The Labute approximate surface area is 296 Å². The van der Waals surface area contributed by atoms with Gasteiger partial charge in [0.05, 0.1) is 0 Å². The van der Waals surface area contributed by atoms with Crippen LogP contribution >= 0.6 is 10.0 Å². The summed E-state index contributed by atoms with van der Waals surface area (Å²) in [5.74, 6) is 3.11. The van der Waals surface area contributed by atoms with Gasteiger partial charge < -0.3 is 0 Å². The molecule has 49 heavy (non-hydrogen) atoms. The molecule has 0 nitrogen and oxygen atoms in total. The fraction of sp³-hybridized carbons (Fsp3) is 0.208. The third kappa shape index (κ3) is 6.57. The van der Waals surface area contributed by atoms with Gasteiger partial charge in [0.1, 0.15) is 0 Å². The summed E-state index contributed by atoms with van der Waals surface area (Å²) in [5, 5.41) is 0. The lowest BCUT2D eigenvalue weighted by Crippen LogP contribution is -2.10. The van der Waals surface area contributed by atoms with E-state index in [-0.39, 0.29) is 0 Å². The number of benzene rings is 5. The minimum atomic E-state index is -1.72. The third-order valence-electron chi connectivity index (χ3n) is 10.7. The summed E-state index contributed by atoms with van der Waals surface area (Å²) in [7, 11) is -1.72. The molecule has 5 aromatic rings. The molecule has 1 saturated carbocycles. The van der Waals surface area contributed by atoms with Gasteiger partial charge in [-0.2, -0.15) is 10.0 Å². The summed E-state index contributed by atoms with van der Waals surface area (Å²) in [4.78, 5) is 4.45. The van der Waals surface area contributed by atoms with Crippen molar-refractivity contribution in [1.29, 1.82) is 0 Å². The lowest BCUT2D eigenvalue weighted by atomic mass is 9.89. The normalized spacial score (nSPS) is 20.7. The number of rotatable bonds is 13. The van der Waals surface area contributed by atoms with Gasteiger partial charge in [-0.25, -0.2) is 0 Å². The Morgan fingerprint density at radius 2 is 0.939 bits per heavy atom. The van der Waals surface area contributed by atoms with Crippen molar-refractivity contribution in [3.63, 3.8) is 0 Å². The van der Waals surface area contributed by atoms with Crippen molar-refractivity contribution in [2.75, 3.05) is 5.75 Å². The first-order valence-corrected chi connectivity index (χ1v) is 19.9. The van der Waals surface area contributed by atoms with E-state index >= 15 is 0 Å². The van der Waals surface area contributed by atoms with Gasteiger partial charge in [-0.3, -0.25) is 0 Å². The molecule has 3 unspecified atom stereocenters. The van der Waals surface area contributed by atoms with Crippen molar-refractivity contribution in [1.82, 2.24) is 0 Å². The molecule has 7 rings (SSSR count). The standard InChI is InChI=1S/C48H48S/c1-3-37-35-38(4-2)43(36-37)31-19-10-22-34-49(44-32-20-9-21-33-44)47(41-27-15-7-16-28-41)45(39-23-11-5-12-24-39)46(40-25-13-6-14-26-40)48(49)42-29-17-8-18-30-42/h3-9,11-18,20-21,23-30,32-33,37-38,43H,1-2,10,19,22,31,34-36H2. The van der Waals surface area contributed by atoms with E-state index in [1.54, 1.807) is 0 Å². The summed E-state index contributed by atoms with van der Waals surface area (Å²) in [6.07, 6.45) is 11.8. The molecule has 0 spiro atoms. The van der Waals surface area contributed by atoms with Crippen LogP contribution in [0.3, 0.4) is 0 Å². The Hall–Kier alpha value is -4.59. The highest BCUT2D eigenvalue weighted by Crippen LogP contribution is 2.81. The summed E-state index contributed by atoms with van der Waals surface area (Å²) < 4.78 is 0. The monoisotopic (exact) mass is 656 g/mol. The van der Waals surface area contributed by atoms with Crippen LogP contribution in [0.25, 0.3) is 21.0 Å².